The van der Waals surface area contributed by atoms with Crippen molar-refractivity contribution in [2.24, 2.45) is 0 Å². The molecule has 0 radical (unpaired) electrons. The van der Waals surface area contributed by atoms with E-state index < -0.39 is 10.1 Å². The molecule has 0 rings (SSSR count). The molecule has 0 aromatic carbocycles. The third-order valence-electron chi connectivity index (χ3n) is 3.46. The molecule has 25 heavy (non-hydrogen) atoms. The Labute approximate surface area is 153 Å². The van der Waals surface area contributed by atoms with Gasteiger partial charge in [0, 0.05) is 13.0 Å². The number of rotatable bonds is 17. The first-order chi connectivity index (χ1) is 12.1. The lowest BCUT2D eigenvalue weighted by molar-refractivity contribution is -0.127. The van der Waals surface area contributed by atoms with E-state index in [1.165, 1.54) is 38.5 Å². The highest BCUT2D eigenvalue weighted by molar-refractivity contribution is 7.86. The molecule has 0 spiro atoms. The van der Waals surface area contributed by atoms with Crippen LogP contribution in [0.4, 0.5) is 0 Å². The quantitative estimate of drug-likeness (QED) is 0.166. The first-order valence-corrected chi connectivity index (χ1v) is 10.9. The van der Waals surface area contributed by atoms with Crippen molar-refractivity contribution in [3.8, 4) is 12.0 Å². The second kappa shape index (κ2) is 18.0. The van der Waals surface area contributed by atoms with Gasteiger partial charge in [0.25, 0.3) is 0 Å². The van der Waals surface area contributed by atoms with Gasteiger partial charge >= 0.3 is 10.1 Å². The normalized spacial score (nSPS) is 11.1. The Kier molecular flexibility index (Phi) is 17.4. The summed E-state index contributed by atoms with van der Waals surface area (Å²) in [6.07, 6.45) is 12.8. The fourth-order valence-corrected chi connectivity index (χ4v) is 2.58. The highest BCUT2D eigenvalue weighted by Gasteiger charge is 2.12. The molecule has 7 heteroatoms. The summed E-state index contributed by atoms with van der Waals surface area (Å²) in [6, 6.07) is 0. The van der Waals surface area contributed by atoms with Crippen LogP contribution in [0.5, 0.6) is 0 Å². The van der Waals surface area contributed by atoms with Crippen LogP contribution in [0.15, 0.2) is 0 Å². The SMILES string of the molecule is CCCCCCCCCCC#COOS(=O)(=O)CCOCCOCC. The van der Waals surface area contributed by atoms with E-state index in [0.717, 1.165) is 12.8 Å². The van der Waals surface area contributed by atoms with Crippen LogP contribution in [0.25, 0.3) is 0 Å². The lowest BCUT2D eigenvalue weighted by Gasteiger charge is -2.04. The van der Waals surface area contributed by atoms with E-state index in [0.29, 0.717) is 26.2 Å². The minimum Gasteiger partial charge on any atom is -0.379 e. The largest absolute Gasteiger partial charge is 0.379 e. The fourth-order valence-electron chi connectivity index (χ4n) is 2.06. The van der Waals surface area contributed by atoms with Crippen LogP contribution >= 0.6 is 0 Å². The molecule has 0 bridgehead atoms. The number of unbranched alkanes of at least 4 members (excludes halogenated alkanes) is 8. The Bertz CT molecular complexity index is 438. The zero-order chi connectivity index (χ0) is 18.6. The van der Waals surface area contributed by atoms with Crippen molar-refractivity contribution in [1.29, 1.82) is 0 Å². The Balaban J connectivity index is 3.48. The van der Waals surface area contributed by atoms with Crippen molar-refractivity contribution >= 4 is 10.1 Å². The van der Waals surface area contributed by atoms with Crippen molar-refractivity contribution in [3.63, 3.8) is 0 Å². The summed E-state index contributed by atoms with van der Waals surface area (Å²) in [4.78, 5) is 4.44. The van der Waals surface area contributed by atoms with Crippen LogP contribution in [0.1, 0.15) is 71.6 Å². The molecule has 0 aliphatic carbocycles. The first-order valence-electron chi connectivity index (χ1n) is 9.33. The smallest absolute Gasteiger partial charge is 0.306 e. The van der Waals surface area contributed by atoms with Gasteiger partial charge in [-0.1, -0.05) is 57.8 Å². The van der Waals surface area contributed by atoms with Crippen molar-refractivity contribution in [2.75, 3.05) is 32.2 Å². The molecule has 148 valence electrons. The summed E-state index contributed by atoms with van der Waals surface area (Å²) in [5.74, 6) is 2.47. The van der Waals surface area contributed by atoms with E-state index in [2.05, 4.69) is 28.2 Å². The molecule has 0 aliphatic heterocycles. The van der Waals surface area contributed by atoms with Gasteiger partial charge in [-0.15, -0.1) is 0 Å². The number of hydrogen-bond acceptors (Lipinski definition) is 6. The third-order valence-corrected chi connectivity index (χ3v) is 4.40. The molecule has 0 atom stereocenters. The molecule has 0 aliphatic rings. The predicted octanol–water partition coefficient (Wildman–Crippen LogP) is 3.81. The second-order valence-corrected chi connectivity index (χ2v) is 7.39. The minimum absolute atomic E-state index is 0.0322. The van der Waals surface area contributed by atoms with Gasteiger partial charge < -0.3 is 9.47 Å². The van der Waals surface area contributed by atoms with Gasteiger partial charge in [-0.25, -0.2) is 0 Å². The summed E-state index contributed by atoms with van der Waals surface area (Å²) in [7, 11) is -3.78. The molecular formula is C18H34O6S. The Morgan fingerprint density at radius 3 is 2.12 bits per heavy atom. The van der Waals surface area contributed by atoms with Gasteiger partial charge in [-0.3, -0.25) is 4.89 Å². The van der Waals surface area contributed by atoms with Crippen LogP contribution < -0.4 is 0 Å². The molecular weight excluding hydrogens is 344 g/mol. The van der Waals surface area contributed by atoms with E-state index in [9.17, 15) is 8.42 Å². The molecule has 0 unspecified atom stereocenters. The highest BCUT2D eigenvalue weighted by atomic mass is 32.2. The highest BCUT2D eigenvalue weighted by Crippen LogP contribution is 2.09. The van der Waals surface area contributed by atoms with Gasteiger partial charge in [0.15, 0.2) is 6.11 Å². The van der Waals surface area contributed by atoms with Gasteiger partial charge in [0.05, 0.1) is 19.8 Å². The van der Waals surface area contributed by atoms with Crippen molar-refractivity contribution in [3.05, 3.63) is 0 Å². The fraction of sp³-hybridized carbons (Fsp3) is 0.889. The van der Waals surface area contributed by atoms with E-state index in [1.54, 1.807) is 0 Å². The zero-order valence-electron chi connectivity index (χ0n) is 15.8. The standard InChI is InChI=1S/C18H34O6S/c1-3-5-6-7-8-9-10-11-12-13-14-23-24-25(19,20)18-17-22-16-15-21-4-2/h3-12,15-18H2,1-2H3. The Morgan fingerprint density at radius 1 is 0.800 bits per heavy atom. The molecule has 0 saturated carbocycles. The van der Waals surface area contributed by atoms with Gasteiger partial charge in [0.1, 0.15) is 5.75 Å². The monoisotopic (exact) mass is 378 g/mol. The maximum atomic E-state index is 11.5. The number of ether oxygens (including phenoxy) is 2. The molecule has 0 N–H and O–H groups in total. The van der Waals surface area contributed by atoms with Crippen LogP contribution in [0, 0.1) is 12.0 Å². The van der Waals surface area contributed by atoms with Gasteiger partial charge in [0.2, 0.25) is 0 Å². The third kappa shape index (κ3) is 19.4. The summed E-state index contributed by atoms with van der Waals surface area (Å²) >= 11 is 0. The van der Waals surface area contributed by atoms with Gasteiger partial charge in [-0.2, -0.15) is 8.42 Å². The summed E-state index contributed by atoms with van der Waals surface area (Å²) in [5.41, 5.74) is 0. The average Bonchev–Trinajstić information content (AvgIpc) is 2.59. The summed E-state index contributed by atoms with van der Waals surface area (Å²) in [6.45, 7) is 5.53. The topological polar surface area (TPSA) is 71.1 Å². The van der Waals surface area contributed by atoms with Crippen LogP contribution in [0.3, 0.4) is 0 Å². The lowest BCUT2D eigenvalue weighted by atomic mass is 10.1. The minimum atomic E-state index is -3.78. The van der Waals surface area contributed by atoms with Crippen molar-refractivity contribution in [2.45, 2.75) is 71.6 Å². The Morgan fingerprint density at radius 2 is 1.44 bits per heavy atom. The molecule has 6 nitrogen and oxygen atoms in total. The Hall–Kier alpha value is -0.810. The van der Waals surface area contributed by atoms with Crippen molar-refractivity contribution < 1.29 is 27.1 Å². The van der Waals surface area contributed by atoms with E-state index in [4.69, 9.17) is 9.47 Å². The van der Waals surface area contributed by atoms with Crippen LogP contribution in [-0.2, 0) is 28.8 Å². The first kappa shape index (κ1) is 24.2. The van der Waals surface area contributed by atoms with E-state index in [1.807, 2.05) is 6.92 Å². The molecule has 0 fully saturated rings. The maximum absolute atomic E-state index is 11.5. The molecule has 0 heterocycles. The lowest BCUT2D eigenvalue weighted by Crippen LogP contribution is -2.16. The molecule has 0 amide bonds. The predicted molar refractivity (Wildman–Crippen MR) is 98.3 cm³/mol. The van der Waals surface area contributed by atoms with E-state index >= 15 is 0 Å². The summed E-state index contributed by atoms with van der Waals surface area (Å²) in [5, 5.41) is 0. The zero-order valence-corrected chi connectivity index (χ0v) is 16.6. The second-order valence-electron chi connectivity index (χ2n) is 5.73. The molecule has 0 aromatic rings. The summed E-state index contributed by atoms with van der Waals surface area (Å²) < 4.78 is 37.5. The van der Waals surface area contributed by atoms with Crippen LogP contribution in [-0.4, -0.2) is 40.6 Å². The van der Waals surface area contributed by atoms with Crippen molar-refractivity contribution in [1.82, 2.24) is 0 Å². The van der Waals surface area contributed by atoms with Gasteiger partial charge in [-0.05, 0) is 17.7 Å². The molecule has 0 saturated heterocycles. The maximum Gasteiger partial charge on any atom is 0.306 e. The van der Waals surface area contributed by atoms with E-state index in [-0.39, 0.29) is 12.4 Å². The number of hydrogen-bond donors (Lipinski definition) is 0. The molecule has 0 aromatic heterocycles. The average molecular weight is 379 g/mol. The van der Waals surface area contributed by atoms with Crippen LogP contribution in [0.2, 0.25) is 0 Å².